The molecule has 0 saturated carbocycles. The van der Waals surface area contributed by atoms with Crippen LogP contribution in [0, 0.1) is 0 Å². The zero-order chi connectivity index (χ0) is 15.6. The van der Waals surface area contributed by atoms with Crippen LogP contribution in [-0.2, 0) is 0 Å². The zero-order valence-corrected chi connectivity index (χ0v) is 12.5. The summed E-state index contributed by atoms with van der Waals surface area (Å²) in [5, 5.41) is 0.176. The van der Waals surface area contributed by atoms with E-state index < -0.39 is 6.36 Å². The first-order chi connectivity index (χ1) is 9.74. The molecule has 1 aromatic heterocycles. The number of nitrogen functional groups attached to an aromatic ring is 1. The second kappa shape index (κ2) is 5.98. The Kier molecular flexibility index (Phi) is 4.48. The lowest BCUT2D eigenvalue weighted by Gasteiger charge is -2.12. The Morgan fingerprint density at radius 1 is 1.19 bits per heavy atom. The molecule has 21 heavy (non-hydrogen) atoms. The predicted molar refractivity (Wildman–Crippen MR) is 74.6 cm³/mol. The highest BCUT2D eigenvalue weighted by Crippen LogP contribution is 2.35. The van der Waals surface area contributed by atoms with Crippen molar-refractivity contribution in [1.29, 1.82) is 0 Å². The van der Waals surface area contributed by atoms with Crippen LogP contribution in [0.3, 0.4) is 0 Å². The maximum absolute atomic E-state index is 12.2. The minimum atomic E-state index is -4.77. The number of nitrogens with zero attached hydrogens (tertiary/aromatic N) is 1. The average molecular weight is 384 g/mol. The van der Waals surface area contributed by atoms with E-state index in [0.29, 0.717) is 0 Å². The van der Waals surface area contributed by atoms with Crippen molar-refractivity contribution >= 4 is 33.2 Å². The number of pyridine rings is 1. The van der Waals surface area contributed by atoms with Gasteiger partial charge in [0, 0.05) is 0 Å². The van der Waals surface area contributed by atoms with Gasteiger partial charge in [-0.1, -0.05) is 11.6 Å². The third kappa shape index (κ3) is 4.40. The van der Waals surface area contributed by atoms with Crippen molar-refractivity contribution < 1.29 is 22.6 Å². The number of nitrogens with two attached hydrogens (primary N) is 1. The highest BCUT2D eigenvalue weighted by Gasteiger charge is 2.32. The fraction of sp³-hybridized carbons (Fsp3) is 0.0833. The third-order valence-electron chi connectivity index (χ3n) is 2.20. The molecule has 0 fully saturated rings. The van der Waals surface area contributed by atoms with E-state index >= 15 is 0 Å². The number of alkyl halides is 3. The monoisotopic (exact) mass is 382 g/mol. The number of hydrogen-bond donors (Lipinski definition) is 1. The third-order valence-corrected chi connectivity index (χ3v) is 3.03. The van der Waals surface area contributed by atoms with E-state index in [0.717, 1.165) is 6.07 Å². The minimum absolute atomic E-state index is 0.0545. The molecule has 112 valence electrons. The van der Waals surface area contributed by atoms with Gasteiger partial charge in [0.15, 0.2) is 0 Å². The molecule has 4 nitrogen and oxygen atoms in total. The number of anilines is 1. The molecule has 0 amide bonds. The molecule has 0 aliphatic rings. The van der Waals surface area contributed by atoms with Gasteiger partial charge in [0.25, 0.3) is 0 Å². The second-order valence-corrected chi connectivity index (χ2v) is 5.01. The lowest BCUT2D eigenvalue weighted by molar-refractivity contribution is -0.274. The molecule has 0 spiro atoms. The van der Waals surface area contributed by atoms with Gasteiger partial charge in [-0.05, 0) is 46.3 Å². The Morgan fingerprint density at radius 2 is 1.90 bits per heavy atom. The van der Waals surface area contributed by atoms with E-state index in [1.807, 2.05) is 0 Å². The number of aromatic nitrogens is 1. The molecule has 0 radical (unpaired) electrons. The summed E-state index contributed by atoms with van der Waals surface area (Å²) in [6.45, 7) is 0. The van der Waals surface area contributed by atoms with Gasteiger partial charge in [-0.2, -0.15) is 4.98 Å². The van der Waals surface area contributed by atoms with Crippen LogP contribution in [0.5, 0.6) is 17.4 Å². The summed E-state index contributed by atoms with van der Waals surface area (Å²) in [6, 6.07) is 6.67. The van der Waals surface area contributed by atoms with Gasteiger partial charge in [0.2, 0.25) is 5.88 Å². The molecule has 0 bridgehead atoms. The summed E-state index contributed by atoms with van der Waals surface area (Å²) in [5.41, 5.74) is 5.90. The molecule has 0 atom stereocenters. The van der Waals surface area contributed by atoms with E-state index in [4.69, 9.17) is 22.1 Å². The molecule has 1 aromatic carbocycles. The minimum Gasteiger partial charge on any atom is -0.437 e. The van der Waals surface area contributed by atoms with Crippen LogP contribution in [0.4, 0.5) is 18.9 Å². The quantitative estimate of drug-likeness (QED) is 0.776. The maximum Gasteiger partial charge on any atom is 0.573 e. The Bertz CT molecular complexity index is 667. The fourth-order valence-electron chi connectivity index (χ4n) is 1.37. The van der Waals surface area contributed by atoms with Gasteiger partial charge in [-0.25, -0.2) is 0 Å². The number of hydrogen-bond acceptors (Lipinski definition) is 4. The lowest BCUT2D eigenvalue weighted by atomic mass is 10.3. The molecule has 0 unspecified atom stereocenters. The second-order valence-electron chi connectivity index (χ2n) is 3.77. The average Bonchev–Trinajstić information content (AvgIpc) is 2.36. The van der Waals surface area contributed by atoms with Crippen molar-refractivity contribution in [3.05, 3.63) is 40.0 Å². The first-order valence-corrected chi connectivity index (χ1v) is 6.57. The highest BCUT2D eigenvalue weighted by molar-refractivity contribution is 9.10. The van der Waals surface area contributed by atoms with Crippen LogP contribution in [0.2, 0.25) is 5.15 Å². The Morgan fingerprint density at radius 3 is 2.52 bits per heavy atom. The molecule has 2 N–H and O–H groups in total. The van der Waals surface area contributed by atoms with Crippen molar-refractivity contribution in [2.24, 2.45) is 0 Å². The van der Waals surface area contributed by atoms with Crippen molar-refractivity contribution in [3.63, 3.8) is 0 Å². The molecule has 0 saturated heterocycles. The van der Waals surface area contributed by atoms with Crippen molar-refractivity contribution in [3.8, 4) is 17.4 Å². The van der Waals surface area contributed by atoms with E-state index in [2.05, 4.69) is 25.7 Å². The number of ether oxygens (including phenoxy) is 2. The van der Waals surface area contributed by atoms with Gasteiger partial charge in [-0.15, -0.1) is 13.2 Å². The van der Waals surface area contributed by atoms with E-state index in [1.165, 1.54) is 24.3 Å². The van der Waals surface area contributed by atoms with E-state index in [1.54, 1.807) is 0 Å². The fourth-order valence-corrected chi connectivity index (χ4v) is 1.95. The maximum atomic E-state index is 12.2. The molecule has 0 aliphatic heterocycles. The molecular weight excluding hydrogens is 376 g/mol. The van der Waals surface area contributed by atoms with Gasteiger partial charge < -0.3 is 15.2 Å². The normalized spacial score (nSPS) is 11.3. The van der Waals surface area contributed by atoms with Gasteiger partial charge in [0.05, 0.1) is 10.2 Å². The molecule has 0 aliphatic carbocycles. The summed E-state index contributed by atoms with van der Waals surface area (Å²) >= 11 is 8.67. The smallest absolute Gasteiger partial charge is 0.437 e. The van der Waals surface area contributed by atoms with Crippen molar-refractivity contribution in [1.82, 2.24) is 4.98 Å². The van der Waals surface area contributed by atoms with Gasteiger partial charge in [-0.3, -0.25) is 0 Å². The summed E-state index contributed by atoms with van der Waals surface area (Å²) in [6.07, 6.45) is -4.77. The molecule has 2 aromatic rings. The van der Waals surface area contributed by atoms with Crippen LogP contribution >= 0.6 is 27.5 Å². The molecule has 1 heterocycles. The topological polar surface area (TPSA) is 57.4 Å². The van der Waals surface area contributed by atoms with E-state index in [9.17, 15) is 13.2 Å². The number of benzene rings is 1. The predicted octanol–water partition coefficient (Wildman–Crippen LogP) is 4.77. The van der Waals surface area contributed by atoms with Gasteiger partial charge >= 0.3 is 6.36 Å². The summed E-state index contributed by atoms with van der Waals surface area (Å²) < 4.78 is 45.7. The highest BCUT2D eigenvalue weighted by atomic mass is 79.9. The Labute approximate surface area is 130 Å². The molecule has 9 heteroatoms. The summed E-state index contributed by atoms with van der Waals surface area (Å²) in [7, 11) is 0. The Hall–Kier alpha value is -1.67. The Balaban J connectivity index is 2.22. The molecular formula is C12H7BrClF3N2O2. The SMILES string of the molecule is Nc1ccc(Cl)nc1Oc1ccc(OC(F)(F)F)c(Br)c1. The zero-order valence-electron chi connectivity index (χ0n) is 10.1. The number of halogens is 5. The van der Waals surface area contributed by atoms with Crippen LogP contribution in [0.15, 0.2) is 34.8 Å². The molecule has 2 rings (SSSR count). The standard InChI is InChI=1S/C12H7BrClF3N2O2/c13-7-5-6(1-3-9(7)21-12(15,16)17)20-11-8(18)2-4-10(14)19-11/h1-5H,18H2. The van der Waals surface area contributed by atoms with Crippen LogP contribution in [-0.4, -0.2) is 11.3 Å². The lowest BCUT2D eigenvalue weighted by Crippen LogP contribution is -2.17. The largest absolute Gasteiger partial charge is 0.573 e. The summed E-state index contributed by atoms with van der Waals surface area (Å²) in [4.78, 5) is 3.87. The first-order valence-electron chi connectivity index (χ1n) is 5.40. The van der Waals surface area contributed by atoms with Crippen molar-refractivity contribution in [2.45, 2.75) is 6.36 Å². The van der Waals surface area contributed by atoms with Crippen LogP contribution < -0.4 is 15.2 Å². The van der Waals surface area contributed by atoms with Crippen LogP contribution in [0.1, 0.15) is 0 Å². The number of rotatable bonds is 3. The summed E-state index contributed by atoms with van der Waals surface area (Å²) in [5.74, 6) is -0.112. The first kappa shape index (κ1) is 15.7. The van der Waals surface area contributed by atoms with Crippen molar-refractivity contribution in [2.75, 3.05) is 5.73 Å². The van der Waals surface area contributed by atoms with E-state index in [-0.39, 0.29) is 32.7 Å². The van der Waals surface area contributed by atoms with Gasteiger partial charge in [0.1, 0.15) is 16.7 Å². The van der Waals surface area contributed by atoms with Crippen LogP contribution in [0.25, 0.3) is 0 Å².